The maximum atomic E-state index is 11.4. The van der Waals surface area contributed by atoms with Crippen molar-refractivity contribution in [2.75, 3.05) is 12.3 Å². The SMILES string of the molecule is CCNCc1cnc(SCC(=O)NC(C)C)nc1. The molecule has 1 heterocycles. The summed E-state index contributed by atoms with van der Waals surface area (Å²) in [4.78, 5) is 19.9. The smallest absolute Gasteiger partial charge is 0.230 e. The van der Waals surface area contributed by atoms with E-state index in [1.165, 1.54) is 11.8 Å². The van der Waals surface area contributed by atoms with Gasteiger partial charge in [0.2, 0.25) is 5.91 Å². The van der Waals surface area contributed by atoms with E-state index in [-0.39, 0.29) is 11.9 Å². The van der Waals surface area contributed by atoms with Crippen molar-refractivity contribution in [2.24, 2.45) is 0 Å². The molecule has 1 aromatic rings. The summed E-state index contributed by atoms with van der Waals surface area (Å²) in [5, 5.41) is 6.67. The minimum atomic E-state index is 0.00956. The van der Waals surface area contributed by atoms with Crippen LogP contribution in [0.5, 0.6) is 0 Å². The molecular weight excluding hydrogens is 248 g/mol. The van der Waals surface area contributed by atoms with Crippen molar-refractivity contribution in [3.8, 4) is 0 Å². The number of amides is 1. The number of thioether (sulfide) groups is 1. The van der Waals surface area contributed by atoms with E-state index in [4.69, 9.17) is 0 Å². The van der Waals surface area contributed by atoms with Gasteiger partial charge in [-0.05, 0) is 20.4 Å². The molecular formula is C12H20N4OS. The van der Waals surface area contributed by atoms with Crippen LogP contribution in [0.2, 0.25) is 0 Å². The van der Waals surface area contributed by atoms with Crippen molar-refractivity contribution in [3.05, 3.63) is 18.0 Å². The highest BCUT2D eigenvalue weighted by atomic mass is 32.2. The number of nitrogens with zero attached hydrogens (tertiary/aromatic N) is 2. The zero-order valence-electron chi connectivity index (χ0n) is 11.1. The number of hydrogen-bond donors (Lipinski definition) is 2. The number of carbonyl (C=O) groups excluding carboxylic acids is 1. The van der Waals surface area contributed by atoms with E-state index >= 15 is 0 Å². The minimum Gasteiger partial charge on any atom is -0.353 e. The van der Waals surface area contributed by atoms with Crippen LogP contribution < -0.4 is 10.6 Å². The average molecular weight is 268 g/mol. The van der Waals surface area contributed by atoms with E-state index in [1.54, 1.807) is 12.4 Å². The zero-order chi connectivity index (χ0) is 13.4. The molecule has 0 aliphatic rings. The maximum Gasteiger partial charge on any atom is 0.230 e. The van der Waals surface area contributed by atoms with Crippen molar-refractivity contribution in [1.29, 1.82) is 0 Å². The minimum absolute atomic E-state index is 0.00956. The molecule has 0 atom stereocenters. The maximum absolute atomic E-state index is 11.4. The van der Waals surface area contributed by atoms with Gasteiger partial charge >= 0.3 is 0 Å². The first-order valence-corrected chi connectivity index (χ1v) is 7.04. The van der Waals surface area contributed by atoms with Crippen molar-refractivity contribution < 1.29 is 4.79 Å². The summed E-state index contributed by atoms with van der Waals surface area (Å²) in [5.74, 6) is 0.361. The first-order valence-electron chi connectivity index (χ1n) is 6.05. The Kier molecular flexibility index (Phi) is 6.67. The van der Waals surface area contributed by atoms with Gasteiger partial charge in [0.05, 0.1) is 5.75 Å². The second-order valence-electron chi connectivity index (χ2n) is 4.17. The fourth-order valence-corrected chi connectivity index (χ4v) is 1.87. The van der Waals surface area contributed by atoms with Gasteiger partial charge in [-0.3, -0.25) is 4.79 Å². The molecule has 0 bridgehead atoms. The van der Waals surface area contributed by atoms with Crippen LogP contribution in [-0.4, -0.2) is 34.2 Å². The largest absolute Gasteiger partial charge is 0.353 e. The van der Waals surface area contributed by atoms with Gasteiger partial charge in [-0.15, -0.1) is 0 Å². The number of hydrogen-bond acceptors (Lipinski definition) is 5. The van der Waals surface area contributed by atoms with E-state index in [2.05, 4.69) is 27.5 Å². The molecule has 1 amide bonds. The third-order valence-corrected chi connectivity index (χ3v) is 2.92. The van der Waals surface area contributed by atoms with Gasteiger partial charge < -0.3 is 10.6 Å². The number of aromatic nitrogens is 2. The number of carbonyl (C=O) groups is 1. The lowest BCUT2D eigenvalue weighted by molar-refractivity contribution is -0.119. The third kappa shape index (κ3) is 5.97. The summed E-state index contributed by atoms with van der Waals surface area (Å²) in [6, 6.07) is 0.168. The molecule has 0 aromatic carbocycles. The molecule has 1 rings (SSSR count). The van der Waals surface area contributed by atoms with Crippen molar-refractivity contribution in [1.82, 2.24) is 20.6 Å². The van der Waals surface area contributed by atoms with Crippen molar-refractivity contribution in [2.45, 2.75) is 38.5 Å². The fraction of sp³-hybridized carbons (Fsp3) is 0.583. The molecule has 18 heavy (non-hydrogen) atoms. The van der Waals surface area contributed by atoms with Gasteiger partial charge in [0.1, 0.15) is 0 Å². The first kappa shape index (κ1) is 14.9. The van der Waals surface area contributed by atoms with Gasteiger partial charge in [-0.25, -0.2) is 9.97 Å². The highest BCUT2D eigenvalue weighted by Crippen LogP contribution is 2.11. The van der Waals surface area contributed by atoms with Crippen LogP contribution >= 0.6 is 11.8 Å². The monoisotopic (exact) mass is 268 g/mol. The molecule has 0 aliphatic heterocycles. The van der Waals surface area contributed by atoms with Crippen LogP contribution in [0.15, 0.2) is 17.6 Å². The van der Waals surface area contributed by atoms with E-state index in [0.717, 1.165) is 18.7 Å². The Bertz CT molecular complexity index is 367. The summed E-state index contributed by atoms with van der Waals surface area (Å²) >= 11 is 1.35. The van der Waals surface area contributed by atoms with E-state index in [1.807, 2.05) is 13.8 Å². The number of nitrogens with one attached hydrogen (secondary N) is 2. The van der Waals surface area contributed by atoms with Gasteiger partial charge in [0.25, 0.3) is 0 Å². The molecule has 0 aliphatic carbocycles. The lowest BCUT2D eigenvalue weighted by Gasteiger charge is -2.07. The van der Waals surface area contributed by atoms with Crippen molar-refractivity contribution in [3.63, 3.8) is 0 Å². The molecule has 0 fully saturated rings. The second kappa shape index (κ2) is 8.05. The molecule has 0 unspecified atom stereocenters. The summed E-state index contributed by atoms with van der Waals surface area (Å²) < 4.78 is 0. The average Bonchev–Trinajstić information content (AvgIpc) is 2.34. The zero-order valence-corrected chi connectivity index (χ0v) is 11.9. The Morgan fingerprint density at radius 3 is 2.61 bits per heavy atom. The van der Waals surface area contributed by atoms with Gasteiger partial charge in [0, 0.05) is 30.5 Å². The topological polar surface area (TPSA) is 66.9 Å². The Morgan fingerprint density at radius 2 is 2.06 bits per heavy atom. The Morgan fingerprint density at radius 1 is 1.39 bits per heavy atom. The lowest BCUT2D eigenvalue weighted by Crippen LogP contribution is -2.31. The molecule has 5 nitrogen and oxygen atoms in total. The summed E-state index contributed by atoms with van der Waals surface area (Å²) in [7, 11) is 0. The van der Waals surface area contributed by atoms with Gasteiger partial charge in [-0.2, -0.15) is 0 Å². The summed E-state index contributed by atoms with van der Waals surface area (Å²) in [5.41, 5.74) is 1.05. The van der Waals surface area contributed by atoms with E-state index < -0.39 is 0 Å². The van der Waals surface area contributed by atoms with Crippen LogP contribution in [0.4, 0.5) is 0 Å². The highest BCUT2D eigenvalue weighted by molar-refractivity contribution is 7.99. The normalized spacial score (nSPS) is 10.7. The van der Waals surface area contributed by atoms with E-state index in [9.17, 15) is 4.79 Å². The molecule has 100 valence electrons. The standard InChI is InChI=1S/C12H20N4OS/c1-4-13-5-10-6-14-12(15-7-10)18-8-11(17)16-9(2)3/h6-7,9,13H,4-5,8H2,1-3H3,(H,16,17). The Labute approximate surface area is 112 Å². The highest BCUT2D eigenvalue weighted by Gasteiger charge is 2.05. The molecule has 2 N–H and O–H groups in total. The molecule has 0 saturated carbocycles. The molecule has 0 spiro atoms. The van der Waals surface area contributed by atoms with Crippen LogP contribution in [0, 0.1) is 0 Å². The molecule has 6 heteroatoms. The predicted molar refractivity (Wildman–Crippen MR) is 73.4 cm³/mol. The van der Waals surface area contributed by atoms with Crippen LogP contribution in [-0.2, 0) is 11.3 Å². The van der Waals surface area contributed by atoms with Gasteiger partial charge in [0.15, 0.2) is 5.16 Å². The first-order chi connectivity index (χ1) is 8.61. The Hall–Kier alpha value is -1.14. The van der Waals surface area contributed by atoms with E-state index in [0.29, 0.717) is 10.9 Å². The number of rotatable bonds is 7. The summed E-state index contributed by atoms with van der Waals surface area (Å²) in [6.45, 7) is 7.63. The third-order valence-electron chi connectivity index (χ3n) is 2.04. The van der Waals surface area contributed by atoms with Crippen LogP contribution in [0.25, 0.3) is 0 Å². The quantitative estimate of drug-likeness (QED) is 0.574. The second-order valence-corrected chi connectivity index (χ2v) is 5.11. The Balaban J connectivity index is 2.37. The molecule has 1 aromatic heterocycles. The van der Waals surface area contributed by atoms with Crippen LogP contribution in [0.3, 0.4) is 0 Å². The fourth-order valence-electron chi connectivity index (χ4n) is 1.27. The lowest BCUT2D eigenvalue weighted by atomic mass is 10.3. The predicted octanol–water partition coefficient (Wildman–Crippen LogP) is 1.20. The van der Waals surface area contributed by atoms with Crippen molar-refractivity contribution >= 4 is 17.7 Å². The molecule has 0 radical (unpaired) electrons. The van der Waals surface area contributed by atoms with Gasteiger partial charge in [-0.1, -0.05) is 18.7 Å². The summed E-state index contributed by atoms with van der Waals surface area (Å²) in [6.07, 6.45) is 3.58. The molecule has 0 saturated heterocycles. The van der Waals surface area contributed by atoms with Crippen LogP contribution in [0.1, 0.15) is 26.3 Å².